The average molecular weight is 294 g/mol. The van der Waals surface area contributed by atoms with Crippen molar-refractivity contribution in [2.24, 2.45) is 0 Å². The maximum Gasteiger partial charge on any atom is 0.332 e. The van der Waals surface area contributed by atoms with E-state index in [4.69, 9.17) is 9.47 Å². The van der Waals surface area contributed by atoms with E-state index >= 15 is 0 Å². The highest BCUT2D eigenvalue weighted by atomic mass is 16.5. The van der Waals surface area contributed by atoms with Crippen LogP contribution in [0, 0.1) is 0 Å². The minimum atomic E-state index is -1.37. The molecule has 0 aromatic heterocycles. The molecule has 1 atom stereocenters. The first-order chi connectivity index (χ1) is 10.00. The number of carboxylic acids is 1. The number of ether oxygens (including phenoxy) is 2. The standard InChI is InChI=1S/C14H18N2O5/c1-16(10-5-3-4-6-11(10)20-2)13(19)15-14(12(17)18)7-8-21-9-14/h3-6H,7-9H2,1-2H3,(H,15,19)(H,17,18). The number of carbonyl (C=O) groups excluding carboxylic acids is 1. The van der Waals surface area contributed by atoms with Gasteiger partial charge in [0.2, 0.25) is 0 Å². The average Bonchev–Trinajstić information content (AvgIpc) is 2.96. The summed E-state index contributed by atoms with van der Waals surface area (Å²) in [6.45, 7) is 0.277. The first-order valence-electron chi connectivity index (χ1n) is 6.50. The van der Waals surface area contributed by atoms with Gasteiger partial charge in [0.1, 0.15) is 5.75 Å². The van der Waals surface area contributed by atoms with Crippen LogP contribution in [0.2, 0.25) is 0 Å². The third-order valence-corrected chi connectivity index (χ3v) is 3.53. The van der Waals surface area contributed by atoms with Crippen LogP contribution in [0.25, 0.3) is 0 Å². The van der Waals surface area contributed by atoms with Crippen LogP contribution in [0.1, 0.15) is 6.42 Å². The van der Waals surface area contributed by atoms with Crippen molar-refractivity contribution in [1.29, 1.82) is 0 Å². The first-order valence-corrected chi connectivity index (χ1v) is 6.50. The molecule has 2 N–H and O–H groups in total. The van der Waals surface area contributed by atoms with Gasteiger partial charge in [-0.05, 0) is 12.1 Å². The zero-order valence-electron chi connectivity index (χ0n) is 12.0. The predicted octanol–water partition coefficient (Wildman–Crippen LogP) is 1.08. The number of carboxylic acid groups (broad SMARTS) is 1. The summed E-state index contributed by atoms with van der Waals surface area (Å²) < 4.78 is 10.3. The molecule has 1 aromatic carbocycles. The second-order valence-electron chi connectivity index (χ2n) is 4.85. The first kappa shape index (κ1) is 15.1. The van der Waals surface area contributed by atoms with Crippen LogP contribution in [0.3, 0.4) is 0 Å². The van der Waals surface area contributed by atoms with Crippen molar-refractivity contribution in [3.8, 4) is 5.75 Å². The lowest BCUT2D eigenvalue weighted by molar-refractivity contribution is -0.144. The van der Waals surface area contributed by atoms with E-state index in [0.717, 1.165) is 0 Å². The number of para-hydroxylation sites is 2. The fourth-order valence-electron chi connectivity index (χ4n) is 2.19. The molecule has 1 aliphatic rings. The van der Waals surface area contributed by atoms with Gasteiger partial charge in [0.25, 0.3) is 0 Å². The second-order valence-corrected chi connectivity index (χ2v) is 4.85. The molecule has 1 heterocycles. The molecule has 1 unspecified atom stereocenters. The van der Waals surface area contributed by atoms with Gasteiger partial charge in [0.15, 0.2) is 5.54 Å². The number of hydrogen-bond acceptors (Lipinski definition) is 4. The van der Waals surface area contributed by atoms with Crippen molar-refractivity contribution < 1.29 is 24.2 Å². The molecule has 1 fully saturated rings. The van der Waals surface area contributed by atoms with Gasteiger partial charge in [0, 0.05) is 20.1 Å². The van der Waals surface area contributed by atoms with Crippen molar-refractivity contribution in [1.82, 2.24) is 5.32 Å². The summed E-state index contributed by atoms with van der Waals surface area (Å²) in [6, 6.07) is 6.49. The van der Waals surface area contributed by atoms with E-state index in [1.807, 2.05) is 0 Å². The van der Waals surface area contributed by atoms with Crippen LogP contribution in [0.15, 0.2) is 24.3 Å². The van der Waals surface area contributed by atoms with Gasteiger partial charge in [-0.2, -0.15) is 0 Å². The van der Waals surface area contributed by atoms with Crippen molar-refractivity contribution in [3.63, 3.8) is 0 Å². The largest absolute Gasteiger partial charge is 0.495 e. The van der Waals surface area contributed by atoms with Crippen LogP contribution in [-0.2, 0) is 9.53 Å². The van der Waals surface area contributed by atoms with Crippen LogP contribution >= 0.6 is 0 Å². The maximum atomic E-state index is 12.3. The summed E-state index contributed by atoms with van der Waals surface area (Å²) in [5.41, 5.74) is -0.815. The number of nitrogens with one attached hydrogen (secondary N) is 1. The predicted molar refractivity (Wildman–Crippen MR) is 75.7 cm³/mol. The van der Waals surface area contributed by atoms with Gasteiger partial charge in [-0.25, -0.2) is 9.59 Å². The Morgan fingerprint density at radius 3 is 2.71 bits per heavy atom. The number of methoxy groups -OCH3 is 1. The third kappa shape index (κ3) is 2.92. The number of hydrogen-bond donors (Lipinski definition) is 2. The topological polar surface area (TPSA) is 88.1 Å². The smallest absolute Gasteiger partial charge is 0.332 e. The van der Waals surface area contributed by atoms with E-state index in [-0.39, 0.29) is 13.0 Å². The minimum Gasteiger partial charge on any atom is -0.495 e. The normalized spacial score (nSPS) is 20.9. The summed E-state index contributed by atoms with van der Waals surface area (Å²) in [5, 5.41) is 11.9. The van der Waals surface area contributed by atoms with Gasteiger partial charge in [-0.15, -0.1) is 0 Å². The Hall–Kier alpha value is -2.28. The van der Waals surface area contributed by atoms with E-state index in [1.54, 1.807) is 31.3 Å². The molecule has 0 aliphatic carbocycles. The molecule has 1 aliphatic heterocycles. The molecule has 7 nitrogen and oxygen atoms in total. The van der Waals surface area contributed by atoms with Crippen molar-refractivity contribution in [2.75, 3.05) is 32.3 Å². The van der Waals surface area contributed by atoms with Gasteiger partial charge in [-0.1, -0.05) is 12.1 Å². The molecule has 2 rings (SSSR count). The van der Waals surface area contributed by atoms with Crippen molar-refractivity contribution in [3.05, 3.63) is 24.3 Å². The van der Waals surface area contributed by atoms with E-state index < -0.39 is 17.5 Å². The minimum absolute atomic E-state index is 0.0339. The van der Waals surface area contributed by atoms with Crippen LogP contribution in [0.4, 0.5) is 10.5 Å². The number of anilines is 1. The highest BCUT2D eigenvalue weighted by Gasteiger charge is 2.44. The number of carbonyl (C=O) groups is 2. The molecule has 1 saturated heterocycles. The lowest BCUT2D eigenvalue weighted by Gasteiger charge is -2.28. The summed E-state index contributed by atoms with van der Waals surface area (Å²) in [6.07, 6.45) is 0.244. The van der Waals surface area contributed by atoms with E-state index in [1.165, 1.54) is 12.0 Å². The zero-order valence-corrected chi connectivity index (χ0v) is 12.0. The number of rotatable bonds is 4. The van der Waals surface area contributed by atoms with Gasteiger partial charge >= 0.3 is 12.0 Å². The molecule has 2 amide bonds. The van der Waals surface area contributed by atoms with E-state index in [2.05, 4.69) is 5.32 Å². The summed E-state index contributed by atoms with van der Waals surface area (Å²) in [5.74, 6) is -0.566. The number of nitrogens with zero attached hydrogens (tertiary/aromatic N) is 1. The fraction of sp³-hybridized carbons (Fsp3) is 0.429. The molecule has 0 bridgehead atoms. The summed E-state index contributed by atoms with van der Waals surface area (Å²) >= 11 is 0. The van der Waals surface area contributed by atoms with Crippen molar-refractivity contribution >= 4 is 17.7 Å². The van der Waals surface area contributed by atoms with Crippen LogP contribution in [0.5, 0.6) is 5.75 Å². The lowest BCUT2D eigenvalue weighted by Crippen LogP contribution is -2.58. The Morgan fingerprint density at radius 1 is 1.43 bits per heavy atom. The Labute approximate surface area is 122 Å². The molecule has 0 spiro atoms. The Kier molecular flexibility index (Phi) is 4.32. The molecule has 21 heavy (non-hydrogen) atoms. The van der Waals surface area contributed by atoms with Crippen LogP contribution in [-0.4, -0.2) is 50.0 Å². The SMILES string of the molecule is COc1ccccc1N(C)C(=O)NC1(C(=O)O)CCOC1. The Bertz CT molecular complexity index is 540. The van der Waals surface area contributed by atoms with E-state index in [9.17, 15) is 14.7 Å². The van der Waals surface area contributed by atoms with Gasteiger partial charge in [-0.3, -0.25) is 4.90 Å². The maximum absolute atomic E-state index is 12.3. The molecule has 114 valence electrons. The Morgan fingerprint density at radius 2 is 2.14 bits per heavy atom. The van der Waals surface area contributed by atoms with Crippen molar-refractivity contribution in [2.45, 2.75) is 12.0 Å². The summed E-state index contributed by atoms with van der Waals surface area (Å²) in [4.78, 5) is 25.0. The van der Waals surface area contributed by atoms with Gasteiger partial charge in [0.05, 0.1) is 19.4 Å². The molecule has 0 saturated carbocycles. The number of urea groups is 1. The molecule has 7 heteroatoms. The Balaban J connectivity index is 2.17. The lowest BCUT2D eigenvalue weighted by atomic mass is 9.99. The number of amides is 2. The van der Waals surface area contributed by atoms with Crippen LogP contribution < -0.4 is 15.0 Å². The third-order valence-electron chi connectivity index (χ3n) is 3.53. The van der Waals surface area contributed by atoms with E-state index in [0.29, 0.717) is 18.0 Å². The molecular weight excluding hydrogens is 276 g/mol. The number of benzene rings is 1. The van der Waals surface area contributed by atoms with Gasteiger partial charge < -0.3 is 19.9 Å². The zero-order chi connectivity index (χ0) is 15.5. The molecule has 1 aromatic rings. The quantitative estimate of drug-likeness (QED) is 0.867. The second kappa shape index (κ2) is 6.01. The highest BCUT2D eigenvalue weighted by molar-refractivity contribution is 5.96. The summed E-state index contributed by atoms with van der Waals surface area (Å²) in [7, 11) is 3.06. The monoisotopic (exact) mass is 294 g/mol. The molecular formula is C14H18N2O5. The number of aliphatic carboxylic acids is 1. The fourth-order valence-corrected chi connectivity index (χ4v) is 2.19. The highest BCUT2D eigenvalue weighted by Crippen LogP contribution is 2.27. The molecule has 0 radical (unpaired) electrons.